The summed E-state index contributed by atoms with van der Waals surface area (Å²) in [5.74, 6) is 0.786. The lowest BCUT2D eigenvalue weighted by Crippen LogP contribution is -2.15. The van der Waals surface area contributed by atoms with Crippen LogP contribution in [0.25, 0.3) is 0 Å². The van der Waals surface area contributed by atoms with Crippen molar-refractivity contribution in [2.24, 2.45) is 0 Å². The maximum absolute atomic E-state index is 9.23. The molecular formula is C10H13NO2. The van der Waals surface area contributed by atoms with E-state index in [1.54, 1.807) is 13.3 Å². The first-order chi connectivity index (χ1) is 6.32. The molecular weight excluding hydrogens is 166 g/mol. The van der Waals surface area contributed by atoms with Crippen LogP contribution in [0, 0.1) is 0 Å². The molecule has 0 saturated heterocycles. The van der Waals surface area contributed by atoms with E-state index in [9.17, 15) is 5.11 Å². The number of aromatic nitrogens is 1. The van der Waals surface area contributed by atoms with Crippen LogP contribution in [-0.2, 0) is 5.41 Å². The lowest BCUT2D eigenvalue weighted by molar-refractivity contribution is 0.248. The Morgan fingerprint density at radius 2 is 2.38 bits per heavy atom. The van der Waals surface area contributed by atoms with Gasteiger partial charge in [0.2, 0.25) is 0 Å². The van der Waals surface area contributed by atoms with Gasteiger partial charge in [-0.05, 0) is 25.0 Å². The molecule has 3 nitrogen and oxygen atoms in total. The Morgan fingerprint density at radius 3 is 2.92 bits per heavy atom. The molecule has 1 aliphatic carbocycles. The van der Waals surface area contributed by atoms with Gasteiger partial charge in [-0.2, -0.15) is 0 Å². The summed E-state index contributed by atoms with van der Waals surface area (Å²) >= 11 is 0. The van der Waals surface area contributed by atoms with Crippen molar-refractivity contribution in [2.45, 2.75) is 18.3 Å². The van der Waals surface area contributed by atoms with Gasteiger partial charge in [-0.25, -0.2) is 0 Å². The van der Waals surface area contributed by atoms with Gasteiger partial charge in [0.15, 0.2) is 0 Å². The molecule has 3 heteroatoms. The number of hydrogen-bond donors (Lipinski definition) is 1. The average molecular weight is 179 g/mol. The fraction of sp³-hybridized carbons (Fsp3) is 0.500. The molecule has 1 fully saturated rings. The number of rotatable bonds is 3. The molecule has 0 unspecified atom stereocenters. The van der Waals surface area contributed by atoms with Crippen LogP contribution < -0.4 is 4.74 Å². The SMILES string of the molecule is COc1cccnc1C1(CO)CC1. The van der Waals surface area contributed by atoms with Crippen molar-refractivity contribution in [2.75, 3.05) is 13.7 Å². The van der Waals surface area contributed by atoms with Gasteiger partial charge >= 0.3 is 0 Å². The Kier molecular flexibility index (Phi) is 1.96. The van der Waals surface area contributed by atoms with Gasteiger partial charge in [0.05, 0.1) is 19.4 Å². The fourth-order valence-corrected chi connectivity index (χ4v) is 1.57. The number of nitrogens with zero attached hydrogens (tertiary/aromatic N) is 1. The number of aliphatic hydroxyl groups excluding tert-OH is 1. The first-order valence-electron chi connectivity index (χ1n) is 4.43. The van der Waals surface area contributed by atoms with Crippen LogP contribution in [0.5, 0.6) is 5.75 Å². The molecule has 0 radical (unpaired) electrons. The second-order valence-corrected chi connectivity index (χ2v) is 3.49. The zero-order valence-corrected chi connectivity index (χ0v) is 7.66. The van der Waals surface area contributed by atoms with Gasteiger partial charge in [-0.15, -0.1) is 0 Å². The highest BCUT2D eigenvalue weighted by Crippen LogP contribution is 2.49. The molecule has 0 atom stereocenters. The molecule has 1 aliphatic rings. The van der Waals surface area contributed by atoms with Crippen LogP contribution in [0.3, 0.4) is 0 Å². The van der Waals surface area contributed by atoms with Crippen LogP contribution in [0.1, 0.15) is 18.5 Å². The molecule has 0 aliphatic heterocycles. The van der Waals surface area contributed by atoms with Gasteiger partial charge in [0.25, 0.3) is 0 Å². The molecule has 0 amide bonds. The standard InChI is InChI=1S/C10H13NO2/c1-13-8-3-2-6-11-9(8)10(7-12)4-5-10/h2-3,6,12H,4-5,7H2,1H3. The van der Waals surface area contributed by atoms with Crippen LogP contribution in [-0.4, -0.2) is 23.8 Å². The Morgan fingerprint density at radius 1 is 1.62 bits per heavy atom. The molecule has 0 aromatic carbocycles. The zero-order valence-electron chi connectivity index (χ0n) is 7.66. The zero-order chi connectivity index (χ0) is 9.31. The molecule has 1 aromatic rings. The highest BCUT2D eigenvalue weighted by Gasteiger charge is 2.46. The predicted octanol–water partition coefficient (Wildman–Crippen LogP) is 1.11. The quantitative estimate of drug-likeness (QED) is 0.755. The van der Waals surface area contributed by atoms with E-state index in [2.05, 4.69) is 4.98 Å². The van der Waals surface area contributed by atoms with Gasteiger partial charge in [-0.3, -0.25) is 4.98 Å². The van der Waals surface area contributed by atoms with Gasteiger partial charge in [0.1, 0.15) is 5.75 Å². The largest absolute Gasteiger partial charge is 0.495 e. The molecule has 13 heavy (non-hydrogen) atoms. The van der Waals surface area contributed by atoms with E-state index in [-0.39, 0.29) is 12.0 Å². The van der Waals surface area contributed by atoms with E-state index in [0.29, 0.717) is 0 Å². The normalized spacial score (nSPS) is 18.3. The summed E-state index contributed by atoms with van der Waals surface area (Å²) in [4.78, 5) is 4.27. The van der Waals surface area contributed by atoms with Crippen molar-refractivity contribution < 1.29 is 9.84 Å². The monoisotopic (exact) mass is 179 g/mol. The molecule has 1 heterocycles. The third-order valence-electron chi connectivity index (χ3n) is 2.65. The summed E-state index contributed by atoms with van der Waals surface area (Å²) in [5, 5.41) is 9.23. The van der Waals surface area contributed by atoms with Crippen molar-refractivity contribution in [1.82, 2.24) is 4.98 Å². The third kappa shape index (κ3) is 1.29. The molecule has 1 aromatic heterocycles. The highest BCUT2D eigenvalue weighted by molar-refractivity contribution is 5.37. The summed E-state index contributed by atoms with van der Waals surface area (Å²) in [5.41, 5.74) is 0.798. The first-order valence-corrected chi connectivity index (χ1v) is 4.43. The molecule has 1 saturated carbocycles. The Labute approximate surface area is 77.4 Å². The Balaban J connectivity index is 2.39. The minimum absolute atomic E-state index is 0.105. The summed E-state index contributed by atoms with van der Waals surface area (Å²) in [7, 11) is 1.63. The maximum atomic E-state index is 9.23. The number of aliphatic hydroxyl groups is 1. The Bertz CT molecular complexity index is 308. The first kappa shape index (κ1) is 8.51. The highest BCUT2D eigenvalue weighted by atomic mass is 16.5. The van der Waals surface area contributed by atoms with Crippen LogP contribution in [0.2, 0.25) is 0 Å². The number of ether oxygens (including phenoxy) is 1. The van der Waals surface area contributed by atoms with Gasteiger partial charge < -0.3 is 9.84 Å². The number of methoxy groups -OCH3 is 1. The fourth-order valence-electron chi connectivity index (χ4n) is 1.57. The van der Waals surface area contributed by atoms with E-state index >= 15 is 0 Å². The smallest absolute Gasteiger partial charge is 0.141 e. The average Bonchev–Trinajstić information content (AvgIpc) is 2.98. The lowest BCUT2D eigenvalue weighted by atomic mass is 10.0. The lowest BCUT2D eigenvalue weighted by Gasteiger charge is -2.14. The predicted molar refractivity (Wildman–Crippen MR) is 48.8 cm³/mol. The number of pyridine rings is 1. The van der Waals surface area contributed by atoms with Crippen molar-refractivity contribution >= 4 is 0 Å². The summed E-state index contributed by atoms with van der Waals surface area (Å²) in [6, 6.07) is 3.73. The Hall–Kier alpha value is -1.09. The summed E-state index contributed by atoms with van der Waals surface area (Å²) in [6.07, 6.45) is 3.77. The molecule has 2 rings (SSSR count). The van der Waals surface area contributed by atoms with Crippen molar-refractivity contribution in [3.63, 3.8) is 0 Å². The second-order valence-electron chi connectivity index (χ2n) is 3.49. The second kappa shape index (κ2) is 3.00. The van der Waals surface area contributed by atoms with E-state index in [4.69, 9.17) is 4.74 Å². The van der Waals surface area contributed by atoms with Crippen molar-refractivity contribution in [3.8, 4) is 5.75 Å². The topological polar surface area (TPSA) is 42.4 Å². The number of hydrogen-bond acceptors (Lipinski definition) is 3. The third-order valence-corrected chi connectivity index (χ3v) is 2.65. The van der Waals surface area contributed by atoms with E-state index < -0.39 is 0 Å². The maximum Gasteiger partial charge on any atom is 0.141 e. The van der Waals surface area contributed by atoms with Gasteiger partial charge in [0, 0.05) is 11.6 Å². The van der Waals surface area contributed by atoms with Crippen LogP contribution in [0.4, 0.5) is 0 Å². The summed E-state index contributed by atoms with van der Waals surface area (Å²) in [6.45, 7) is 0.167. The minimum Gasteiger partial charge on any atom is -0.495 e. The molecule has 1 N–H and O–H groups in total. The molecule has 0 bridgehead atoms. The van der Waals surface area contributed by atoms with Gasteiger partial charge in [-0.1, -0.05) is 0 Å². The minimum atomic E-state index is -0.105. The molecule has 0 spiro atoms. The van der Waals surface area contributed by atoms with Crippen LogP contribution >= 0.6 is 0 Å². The summed E-state index contributed by atoms with van der Waals surface area (Å²) < 4.78 is 5.20. The van der Waals surface area contributed by atoms with E-state index in [1.165, 1.54) is 0 Å². The molecule has 70 valence electrons. The van der Waals surface area contributed by atoms with Crippen molar-refractivity contribution in [3.05, 3.63) is 24.0 Å². The van der Waals surface area contributed by atoms with Crippen LogP contribution in [0.15, 0.2) is 18.3 Å². The van der Waals surface area contributed by atoms with E-state index in [0.717, 1.165) is 24.3 Å². The van der Waals surface area contributed by atoms with E-state index in [1.807, 2.05) is 12.1 Å². The van der Waals surface area contributed by atoms with Crippen molar-refractivity contribution in [1.29, 1.82) is 0 Å².